The number of carbonyl (C=O) groups excluding carboxylic acids is 2. The zero-order valence-electron chi connectivity index (χ0n) is 18.8. The van der Waals surface area contributed by atoms with Gasteiger partial charge in [0, 0.05) is 34.8 Å². The normalized spacial score (nSPS) is 21.3. The minimum Gasteiger partial charge on any atom is -0.477 e. The number of carboxylic acids is 1. The summed E-state index contributed by atoms with van der Waals surface area (Å²) in [7, 11) is 1.29. The van der Waals surface area contributed by atoms with Gasteiger partial charge in [-0.1, -0.05) is 5.16 Å². The number of fused-ring (bicyclic) bond motifs is 2. The van der Waals surface area contributed by atoms with Crippen molar-refractivity contribution in [3.63, 3.8) is 0 Å². The monoisotopic (exact) mass is 515 g/mol. The number of thioether (sulfide) groups is 1. The minimum atomic E-state index is -1.16. The number of rotatable bonds is 7. The molecule has 0 radical (unpaired) electrons. The van der Waals surface area contributed by atoms with Crippen LogP contribution < -0.4 is 15.6 Å². The Bertz CT molecular complexity index is 1290. The summed E-state index contributed by atoms with van der Waals surface area (Å²) in [6.07, 6.45) is 5.01. The van der Waals surface area contributed by atoms with E-state index in [4.69, 9.17) is 10.6 Å². The van der Waals surface area contributed by atoms with Crippen molar-refractivity contribution in [1.82, 2.24) is 15.2 Å². The first kappa shape index (κ1) is 23.3. The van der Waals surface area contributed by atoms with Gasteiger partial charge in [0.05, 0.1) is 0 Å². The van der Waals surface area contributed by atoms with Crippen LogP contribution in [0.3, 0.4) is 0 Å². The summed E-state index contributed by atoms with van der Waals surface area (Å²) < 4.78 is 2.08. The number of nitrogens with one attached hydrogen (secondary N) is 1. The van der Waals surface area contributed by atoms with Crippen LogP contribution in [0.4, 0.5) is 5.13 Å². The molecule has 2 aliphatic heterocycles. The molecule has 182 valence electrons. The van der Waals surface area contributed by atoms with Crippen LogP contribution in [0.2, 0.25) is 0 Å². The molecule has 2 aromatic heterocycles. The highest BCUT2D eigenvalue weighted by molar-refractivity contribution is 8.00. The van der Waals surface area contributed by atoms with Crippen LogP contribution in [0.25, 0.3) is 0 Å². The van der Waals surface area contributed by atoms with E-state index in [1.165, 1.54) is 35.0 Å². The van der Waals surface area contributed by atoms with Crippen LogP contribution in [0.15, 0.2) is 40.1 Å². The Morgan fingerprint density at radius 2 is 2.26 bits per heavy atom. The number of hydrogen-bond acceptors (Lipinski definition) is 9. The summed E-state index contributed by atoms with van der Waals surface area (Å²) in [5.74, 6) is -1.86. The van der Waals surface area contributed by atoms with Gasteiger partial charge in [-0.3, -0.25) is 14.5 Å². The Morgan fingerprint density at radius 3 is 2.97 bits per heavy atom. The number of nitrogens with two attached hydrogens (primary N) is 1. The number of carbonyl (C=O) groups is 3. The number of aliphatic carboxylic acids is 1. The summed E-state index contributed by atoms with van der Waals surface area (Å²) in [6, 6.07) is 3.18. The molecule has 35 heavy (non-hydrogen) atoms. The van der Waals surface area contributed by atoms with Crippen molar-refractivity contribution in [3.05, 3.63) is 51.9 Å². The molecule has 3 aliphatic rings. The molecule has 0 spiro atoms. The third-order valence-corrected chi connectivity index (χ3v) is 8.21. The third kappa shape index (κ3) is 4.14. The van der Waals surface area contributed by atoms with E-state index >= 15 is 0 Å². The van der Waals surface area contributed by atoms with Crippen molar-refractivity contribution in [1.29, 1.82) is 0 Å². The molecule has 2 amide bonds. The molecule has 0 aromatic carbocycles. The fraction of sp³-hybridized carbons (Fsp3) is 0.364. The summed E-state index contributed by atoms with van der Waals surface area (Å²) in [5.41, 5.74) is 8.92. The molecule has 1 aliphatic carbocycles. The molecule has 11 nitrogen and oxygen atoms in total. The van der Waals surface area contributed by atoms with E-state index in [0.29, 0.717) is 17.9 Å². The topological polar surface area (TPSA) is 151 Å². The number of hydrogen-bond donors (Lipinski definition) is 3. The average molecular weight is 516 g/mol. The maximum absolute atomic E-state index is 13.0. The predicted molar refractivity (Wildman–Crippen MR) is 128 cm³/mol. The van der Waals surface area contributed by atoms with Crippen molar-refractivity contribution in [2.45, 2.75) is 37.2 Å². The van der Waals surface area contributed by atoms with Crippen molar-refractivity contribution in [2.75, 3.05) is 18.6 Å². The van der Waals surface area contributed by atoms with E-state index in [-0.39, 0.29) is 22.2 Å². The summed E-state index contributed by atoms with van der Waals surface area (Å²) in [6.45, 7) is 0.404. The Hall–Kier alpha value is -3.45. The third-order valence-electron chi connectivity index (χ3n) is 6.20. The van der Waals surface area contributed by atoms with Crippen molar-refractivity contribution >= 4 is 51.7 Å². The van der Waals surface area contributed by atoms with E-state index in [1.54, 1.807) is 5.38 Å². The Morgan fingerprint density at radius 1 is 1.43 bits per heavy atom. The molecule has 0 saturated carbocycles. The molecule has 4 heterocycles. The number of aryl methyl sites for hydroxylation is 1. The molecular weight excluding hydrogens is 492 g/mol. The number of carboxylic acid groups (broad SMARTS) is 1. The second-order valence-electron chi connectivity index (χ2n) is 8.27. The van der Waals surface area contributed by atoms with E-state index in [0.717, 1.165) is 30.6 Å². The van der Waals surface area contributed by atoms with Gasteiger partial charge < -0.3 is 21.0 Å². The van der Waals surface area contributed by atoms with Gasteiger partial charge >= 0.3 is 5.97 Å². The first-order valence-corrected chi connectivity index (χ1v) is 12.9. The highest BCUT2D eigenvalue weighted by Crippen LogP contribution is 2.40. The lowest BCUT2D eigenvalue weighted by Gasteiger charge is -2.49. The molecule has 0 unspecified atom stereocenters. The second-order valence-corrected chi connectivity index (χ2v) is 10.3. The number of nitrogen functional groups attached to an aromatic ring is 1. The molecule has 13 heteroatoms. The van der Waals surface area contributed by atoms with Crippen molar-refractivity contribution in [3.8, 4) is 0 Å². The van der Waals surface area contributed by atoms with Gasteiger partial charge in [-0.2, -0.15) is 4.57 Å². The zero-order chi connectivity index (χ0) is 24.7. The largest absolute Gasteiger partial charge is 0.477 e. The van der Waals surface area contributed by atoms with Gasteiger partial charge in [-0.05, 0) is 18.9 Å². The zero-order valence-corrected chi connectivity index (χ0v) is 20.4. The standard InChI is InChI=1S/C22H22N6O5S2/c1-33-26-15(13-10-35-22(23)24-13)18(29)25-16-19(30)28-17(21(31)32)12(9-34-20(16)28)8-27-7-3-5-11-4-2-6-14(11)27/h3,5,7,10,16,20H,2,4,6,8-9H2,1H3,(H3-,23,24,25,29,31,32)/p+1/b26-15-/t16-,20-/m0/s1. The lowest BCUT2D eigenvalue weighted by molar-refractivity contribution is -0.696. The first-order chi connectivity index (χ1) is 16.9. The molecule has 2 aromatic rings. The fourth-order valence-electron chi connectivity index (χ4n) is 4.67. The number of anilines is 1. The lowest BCUT2D eigenvalue weighted by Crippen LogP contribution is -2.71. The number of oxime groups is 1. The summed E-state index contributed by atoms with van der Waals surface area (Å²) in [5, 5.41) is 17.7. The molecule has 4 N–H and O–H groups in total. The number of aromatic nitrogens is 2. The van der Waals surface area contributed by atoms with Gasteiger partial charge in [-0.25, -0.2) is 9.78 Å². The molecule has 1 fully saturated rings. The van der Waals surface area contributed by atoms with Gasteiger partial charge in [-0.15, -0.1) is 23.1 Å². The Labute approximate surface area is 208 Å². The van der Waals surface area contributed by atoms with Gasteiger partial charge in [0.15, 0.2) is 29.3 Å². The Kier molecular flexibility index (Phi) is 6.19. The number of amides is 2. The molecule has 0 bridgehead atoms. The summed E-state index contributed by atoms with van der Waals surface area (Å²) in [4.78, 5) is 48.2. The van der Waals surface area contributed by atoms with Gasteiger partial charge in [0.25, 0.3) is 11.8 Å². The second kappa shape index (κ2) is 9.30. The van der Waals surface area contributed by atoms with E-state index in [1.807, 2.05) is 12.3 Å². The predicted octanol–water partition coefficient (Wildman–Crippen LogP) is 0.291. The maximum Gasteiger partial charge on any atom is 0.352 e. The van der Waals surface area contributed by atoms with Crippen LogP contribution in [0.5, 0.6) is 0 Å². The van der Waals surface area contributed by atoms with E-state index in [2.05, 4.69) is 26.1 Å². The van der Waals surface area contributed by atoms with Crippen LogP contribution in [0.1, 0.15) is 23.4 Å². The van der Waals surface area contributed by atoms with Crippen molar-refractivity contribution in [2.24, 2.45) is 5.16 Å². The fourth-order valence-corrected chi connectivity index (χ4v) is 6.56. The van der Waals surface area contributed by atoms with Gasteiger partial charge in [0.2, 0.25) is 0 Å². The maximum atomic E-state index is 13.0. The van der Waals surface area contributed by atoms with Crippen LogP contribution in [0, 0.1) is 0 Å². The lowest BCUT2D eigenvalue weighted by atomic mass is 10.0. The van der Waals surface area contributed by atoms with Gasteiger partial charge in [0.1, 0.15) is 29.9 Å². The quantitative estimate of drug-likeness (QED) is 0.206. The average Bonchev–Trinajstić information content (AvgIpc) is 3.49. The SMILES string of the molecule is CO/N=C(\C(=O)N[C@H]1C(=O)N2C(C(=O)O)=C(C[n+]3cccc4c3CCC4)CS[C@@H]12)c1csc(N)n1. The smallest absolute Gasteiger partial charge is 0.352 e. The molecule has 5 rings (SSSR count). The molecular formula is C22H23N6O5S2+. The van der Waals surface area contributed by atoms with Crippen molar-refractivity contribution < 1.29 is 28.9 Å². The Balaban J connectivity index is 1.36. The number of β-lactam (4-membered cyclic amide) rings is 1. The summed E-state index contributed by atoms with van der Waals surface area (Å²) >= 11 is 2.57. The number of nitrogens with zero attached hydrogens (tertiary/aromatic N) is 4. The van der Waals surface area contributed by atoms with Crippen LogP contribution >= 0.6 is 23.1 Å². The highest BCUT2D eigenvalue weighted by atomic mass is 32.2. The van der Waals surface area contributed by atoms with E-state index < -0.39 is 29.2 Å². The van der Waals surface area contributed by atoms with E-state index in [9.17, 15) is 19.5 Å². The molecule has 2 atom stereocenters. The minimum absolute atomic E-state index is 0.00888. The van der Waals surface area contributed by atoms with Crippen LogP contribution in [-0.2, 0) is 38.6 Å². The molecule has 1 saturated heterocycles. The highest BCUT2D eigenvalue weighted by Gasteiger charge is 2.55. The first-order valence-electron chi connectivity index (χ1n) is 10.9. The van der Waals surface area contributed by atoms with Crippen LogP contribution in [-0.4, -0.2) is 62.8 Å². The number of thiazole rings is 1. The number of pyridine rings is 1.